The number of halogens is 1. The van der Waals surface area contributed by atoms with Gasteiger partial charge in [0.15, 0.2) is 0 Å². The van der Waals surface area contributed by atoms with Crippen molar-refractivity contribution in [2.45, 2.75) is 45.1 Å². The second kappa shape index (κ2) is 6.06. The fourth-order valence-corrected chi connectivity index (χ4v) is 2.79. The molecule has 0 spiro atoms. The summed E-state index contributed by atoms with van der Waals surface area (Å²) in [4.78, 5) is 0. The molecule has 3 nitrogen and oxygen atoms in total. The maximum Gasteiger partial charge on any atom is 0.232 e. The molecule has 15 heavy (non-hydrogen) atoms. The Kier molecular flexibility index (Phi) is 5.36. The Hall–Kier alpha value is 0.200. The first-order valence-electron chi connectivity index (χ1n) is 5.53. The second-order valence-corrected chi connectivity index (χ2v) is 7.16. The maximum absolute atomic E-state index is 10.7. The van der Waals surface area contributed by atoms with Gasteiger partial charge in [-0.2, -0.15) is 0 Å². The van der Waals surface area contributed by atoms with E-state index in [1.54, 1.807) is 0 Å². The predicted octanol–water partition coefficient (Wildman–Crippen LogP) is 2.54. The monoisotopic (exact) mass is 254 g/mol. The summed E-state index contributed by atoms with van der Waals surface area (Å²) in [6, 6.07) is 0. The third-order valence-electron chi connectivity index (χ3n) is 2.90. The Balaban J connectivity index is 2.14. The van der Waals surface area contributed by atoms with Crippen LogP contribution in [0.1, 0.15) is 39.0 Å². The van der Waals surface area contributed by atoms with Crippen molar-refractivity contribution in [2.75, 3.05) is 12.4 Å². The number of rotatable bonds is 5. The van der Waals surface area contributed by atoms with Crippen molar-refractivity contribution in [3.8, 4) is 0 Å². The van der Waals surface area contributed by atoms with Crippen molar-refractivity contribution < 1.29 is 13.2 Å². The predicted molar refractivity (Wildman–Crippen MR) is 61.6 cm³/mol. The highest BCUT2D eigenvalue weighted by molar-refractivity contribution is 8.13. The van der Waals surface area contributed by atoms with Gasteiger partial charge in [0.1, 0.15) is 0 Å². The van der Waals surface area contributed by atoms with Gasteiger partial charge in [0.25, 0.3) is 0 Å². The van der Waals surface area contributed by atoms with Gasteiger partial charge >= 0.3 is 0 Å². The smallest absolute Gasteiger partial charge is 0.232 e. The van der Waals surface area contributed by atoms with E-state index >= 15 is 0 Å². The summed E-state index contributed by atoms with van der Waals surface area (Å²) in [5, 5.41) is 0. The lowest BCUT2D eigenvalue weighted by atomic mass is 9.88. The van der Waals surface area contributed by atoms with Gasteiger partial charge in [-0.3, -0.25) is 0 Å². The highest BCUT2D eigenvalue weighted by Gasteiger charge is 2.21. The van der Waals surface area contributed by atoms with Gasteiger partial charge < -0.3 is 4.74 Å². The van der Waals surface area contributed by atoms with E-state index in [9.17, 15) is 8.42 Å². The van der Waals surface area contributed by atoms with Gasteiger partial charge in [0.2, 0.25) is 9.05 Å². The van der Waals surface area contributed by atoms with Crippen molar-refractivity contribution in [3.63, 3.8) is 0 Å². The van der Waals surface area contributed by atoms with Crippen LogP contribution >= 0.6 is 10.7 Å². The van der Waals surface area contributed by atoms with Gasteiger partial charge in [0, 0.05) is 17.3 Å². The molecule has 0 heterocycles. The maximum atomic E-state index is 10.7. The van der Waals surface area contributed by atoms with Crippen molar-refractivity contribution in [3.05, 3.63) is 0 Å². The molecule has 0 saturated heterocycles. The van der Waals surface area contributed by atoms with E-state index in [0.29, 0.717) is 25.0 Å². The Morgan fingerprint density at radius 3 is 2.60 bits per heavy atom. The highest BCUT2D eigenvalue weighted by atomic mass is 35.7. The van der Waals surface area contributed by atoms with Crippen molar-refractivity contribution in [2.24, 2.45) is 5.92 Å². The Morgan fingerprint density at radius 1 is 1.33 bits per heavy atom. The SMILES string of the molecule is CC1CCCCC1OCCCS(=O)(=O)Cl. The zero-order valence-electron chi connectivity index (χ0n) is 9.12. The molecule has 0 amide bonds. The van der Waals surface area contributed by atoms with Crippen LogP contribution < -0.4 is 0 Å². The first kappa shape index (κ1) is 13.3. The third kappa shape index (κ3) is 5.73. The van der Waals surface area contributed by atoms with Crippen molar-refractivity contribution in [1.29, 1.82) is 0 Å². The van der Waals surface area contributed by atoms with Crippen molar-refractivity contribution >= 4 is 19.7 Å². The molecule has 0 bridgehead atoms. The molecular formula is C10H19ClO3S. The highest BCUT2D eigenvalue weighted by Crippen LogP contribution is 2.26. The van der Waals surface area contributed by atoms with Crippen LogP contribution in [0.15, 0.2) is 0 Å². The van der Waals surface area contributed by atoms with E-state index in [1.807, 2.05) is 0 Å². The molecule has 1 rings (SSSR count). The summed E-state index contributed by atoms with van der Waals surface area (Å²) in [5.41, 5.74) is 0. The Morgan fingerprint density at radius 2 is 2.00 bits per heavy atom. The van der Waals surface area contributed by atoms with Crippen LogP contribution in [0.2, 0.25) is 0 Å². The largest absolute Gasteiger partial charge is 0.378 e. The summed E-state index contributed by atoms with van der Waals surface area (Å²) >= 11 is 0. The summed E-state index contributed by atoms with van der Waals surface area (Å²) in [5.74, 6) is 0.613. The Bertz CT molecular complexity index is 276. The molecule has 0 aromatic heterocycles. The van der Waals surface area contributed by atoms with Crippen LogP contribution in [0.3, 0.4) is 0 Å². The summed E-state index contributed by atoms with van der Waals surface area (Å²) in [6.07, 6.45) is 5.65. The second-order valence-electron chi connectivity index (χ2n) is 4.27. The lowest BCUT2D eigenvalue weighted by Gasteiger charge is -2.28. The molecule has 0 aromatic carbocycles. The van der Waals surface area contributed by atoms with Crippen LogP contribution in [0.5, 0.6) is 0 Å². The molecule has 0 aliphatic heterocycles. The quantitative estimate of drug-likeness (QED) is 0.559. The topological polar surface area (TPSA) is 43.4 Å². The zero-order chi connectivity index (χ0) is 11.3. The summed E-state index contributed by atoms with van der Waals surface area (Å²) in [6.45, 7) is 2.70. The minimum atomic E-state index is -3.35. The number of hydrogen-bond acceptors (Lipinski definition) is 3. The van der Waals surface area contributed by atoms with Crippen LogP contribution in [0, 0.1) is 5.92 Å². The molecule has 1 aliphatic carbocycles. The molecule has 1 fully saturated rings. The molecule has 90 valence electrons. The molecule has 0 N–H and O–H groups in total. The first-order valence-corrected chi connectivity index (χ1v) is 8.01. The molecule has 1 aliphatic rings. The first-order chi connectivity index (χ1) is 6.99. The van der Waals surface area contributed by atoms with Crippen LogP contribution in [-0.4, -0.2) is 26.9 Å². The molecule has 5 heteroatoms. The average Bonchev–Trinajstić information content (AvgIpc) is 2.13. The van der Waals surface area contributed by atoms with E-state index in [-0.39, 0.29) is 5.75 Å². The van der Waals surface area contributed by atoms with E-state index in [4.69, 9.17) is 15.4 Å². The molecule has 0 radical (unpaired) electrons. The lowest BCUT2D eigenvalue weighted by Crippen LogP contribution is -2.26. The van der Waals surface area contributed by atoms with Crippen LogP contribution in [-0.2, 0) is 13.8 Å². The average molecular weight is 255 g/mol. The minimum Gasteiger partial charge on any atom is -0.378 e. The molecule has 2 unspecified atom stereocenters. The zero-order valence-corrected chi connectivity index (χ0v) is 10.7. The van der Waals surface area contributed by atoms with Crippen LogP contribution in [0.4, 0.5) is 0 Å². The van der Waals surface area contributed by atoms with Gasteiger partial charge in [-0.25, -0.2) is 8.42 Å². The van der Waals surface area contributed by atoms with Gasteiger partial charge in [-0.15, -0.1) is 0 Å². The summed E-state index contributed by atoms with van der Waals surface area (Å²) in [7, 11) is 1.75. The van der Waals surface area contributed by atoms with E-state index in [2.05, 4.69) is 6.92 Å². The molecular weight excluding hydrogens is 236 g/mol. The lowest BCUT2D eigenvalue weighted by molar-refractivity contribution is -0.00426. The minimum absolute atomic E-state index is 0.00958. The van der Waals surface area contributed by atoms with E-state index in [0.717, 1.165) is 6.42 Å². The van der Waals surface area contributed by atoms with Crippen molar-refractivity contribution in [1.82, 2.24) is 0 Å². The fraction of sp³-hybridized carbons (Fsp3) is 1.00. The van der Waals surface area contributed by atoms with Crippen LogP contribution in [0.25, 0.3) is 0 Å². The molecule has 1 saturated carbocycles. The van der Waals surface area contributed by atoms with Gasteiger partial charge in [-0.05, 0) is 25.2 Å². The summed E-state index contributed by atoms with van der Waals surface area (Å²) < 4.78 is 27.0. The normalized spacial score (nSPS) is 27.9. The Labute approximate surface area is 96.6 Å². The fourth-order valence-electron chi connectivity index (χ4n) is 2.00. The van der Waals surface area contributed by atoms with Gasteiger partial charge in [0.05, 0.1) is 11.9 Å². The number of hydrogen-bond donors (Lipinski definition) is 0. The molecule has 2 atom stereocenters. The van der Waals surface area contributed by atoms with E-state index in [1.165, 1.54) is 19.3 Å². The van der Waals surface area contributed by atoms with Gasteiger partial charge in [-0.1, -0.05) is 19.8 Å². The standard InChI is InChI=1S/C10H19ClO3S/c1-9-5-2-3-6-10(9)14-7-4-8-15(11,12)13/h9-10H,2-8H2,1H3. The third-order valence-corrected chi connectivity index (χ3v) is 4.14. The number of ether oxygens (including phenoxy) is 1. The van der Waals surface area contributed by atoms with E-state index < -0.39 is 9.05 Å². The molecule has 0 aromatic rings.